The normalized spacial score (nSPS) is 14.9. The lowest BCUT2D eigenvalue weighted by Gasteiger charge is -2.24. The van der Waals surface area contributed by atoms with E-state index in [1.54, 1.807) is 0 Å². The number of hydrogen-bond donors (Lipinski definition) is 0. The van der Waals surface area contributed by atoms with E-state index in [0.717, 1.165) is 30.1 Å². The van der Waals surface area contributed by atoms with Crippen LogP contribution >= 0.6 is 0 Å². The van der Waals surface area contributed by atoms with Gasteiger partial charge in [0, 0.05) is 5.92 Å². The van der Waals surface area contributed by atoms with Crippen molar-refractivity contribution in [2.45, 2.75) is 40.5 Å². The van der Waals surface area contributed by atoms with Crippen molar-refractivity contribution in [3.05, 3.63) is 36.1 Å². The van der Waals surface area contributed by atoms with Crippen molar-refractivity contribution in [2.75, 3.05) is 13.4 Å². The van der Waals surface area contributed by atoms with Crippen LogP contribution in [0.2, 0.25) is 0 Å². The van der Waals surface area contributed by atoms with Gasteiger partial charge in [0.2, 0.25) is 6.79 Å². The van der Waals surface area contributed by atoms with Crippen molar-refractivity contribution in [2.24, 2.45) is 11.3 Å². The van der Waals surface area contributed by atoms with E-state index in [-0.39, 0.29) is 5.41 Å². The molecule has 1 heterocycles. The van der Waals surface area contributed by atoms with E-state index in [4.69, 9.17) is 14.2 Å². The Bertz CT molecular complexity index is 500. The van der Waals surface area contributed by atoms with Gasteiger partial charge in [-0.05, 0) is 36.0 Å². The maximum atomic E-state index is 5.87. The van der Waals surface area contributed by atoms with Gasteiger partial charge in [-0.15, -0.1) is 0 Å². The van der Waals surface area contributed by atoms with Gasteiger partial charge in [0.1, 0.15) is 0 Å². The predicted molar refractivity (Wildman–Crippen MR) is 84.6 cm³/mol. The van der Waals surface area contributed by atoms with E-state index < -0.39 is 0 Å². The lowest BCUT2D eigenvalue weighted by Crippen LogP contribution is -2.17. The third-order valence-corrected chi connectivity index (χ3v) is 3.56. The lowest BCUT2D eigenvalue weighted by atomic mass is 9.94. The Hall–Kier alpha value is -1.64. The molecular weight excluding hydrogens is 264 g/mol. The van der Waals surface area contributed by atoms with Gasteiger partial charge in [-0.3, -0.25) is 0 Å². The van der Waals surface area contributed by atoms with Gasteiger partial charge in [-0.1, -0.05) is 40.3 Å². The number of rotatable bonds is 6. The van der Waals surface area contributed by atoms with Crippen LogP contribution < -0.4 is 9.47 Å². The van der Waals surface area contributed by atoms with Crippen LogP contribution in [0.15, 0.2) is 30.5 Å². The minimum absolute atomic E-state index is 0.153. The fourth-order valence-electron chi connectivity index (χ4n) is 2.27. The van der Waals surface area contributed by atoms with E-state index in [2.05, 4.69) is 46.4 Å². The molecule has 1 unspecified atom stereocenters. The summed E-state index contributed by atoms with van der Waals surface area (Å²) >= 11 is 0. The highest BCUT2D eigenvalue weighted by Gasteiger charge is 2.19. The molecule has 21 heavy (non-hydrogen) atoms. The van der Waals surface area contributed by atoms with Crippen molar-refractivity contribution in [3.63, 3.8) is 0 Å². The fourth-order valence-corrected chi connectivity index (χ4v) is 2.27. The smallest absolute Gasteiger partial charge is 0.231 e. The average molecular weight is 290 g/mol. The molecule has 1 aliphatic heterocycles. The van der Waals surface area contributed by atoms with E-state index >= 15 is 0 Å². The monoisotopic (exact) mass is 290 g/mol. The Balaban J connectivity index is 1.97. The standard InChI is InChI=1S/C18H26O3/c1-6-15(13(2)19-11-18(3,4)5)9-14-7-8-16-17(10-14)21-12-20-16/h7-8,10,15H,2,6,9,11-12H2,1,3-5H3. The molecule has 0 aromatic heterocycles. The van der Waals surface area contributed by atoms with Gasteiger partial charge in [-0.2, -0.15) is 0 Å². The van der Waals surface area contributed by atoms with E-state index in [9.17, 15) is 0 Å². The molecule has 0 amide bonds. The zero-order valence-corrected chi connectivity index (χ0v) is 13.6. The summed E-state index contributed by atoms with van der Waals surface area (Å²) in [5.74, 6) is 2.87. The van der Waals surface area contributed by atoms with Gasteiger partial charge >= 0.3 is 0 Å². The Morgan fingerprint density at radius 3 is 2.67 bits per heavy atom. The van der Waals surface area contributed by atoms with E-state index in [1.165, 1.54) is 5.56 Å². The maximum Gasteiger partial charge on any atom is 0.231 e. The maximum absolute atomic E-state index is 5.87. The summed E-state index contributed by atoms with van der Waals surface area (Å²) in [4.78, 5) is 0. The molecule has 0 N–H and O–H groups in total. The Morgan fingerprint density at radius 2 is 2.00 bits per heavy atom. The second-order valence-electron chi connectivity index (χ2n) is 6.81. The molecule has 0 bridgehead atoms. The highest BCUT2D eigenvalue weighted by Crippen LogP contribution is 2.34. The summed E-state index contributed by atoms with van der Waals surface area (Å²) in [5.41, 5.74) is 1.38. The quantitative estimate of drug-likeness (QED) is 0.719. The van der Waals surface area contributed by atoms with E-state index in [1.807, 2.05) is 6.07 Å². The number of hydrogen-bond acceptors (Lipinski definition) is 3. The number of allylic oxidation sites excluding steroid dienone is 1. The molecule has 3 heteroatoms. The molecule has 0 radical (unpaired) electrons. The molecule has 1 aliphatic rings. The summed E-state index contributed by atoms with van der Waals surface area (Å²) in [6, 6.07) is 6.12. The Labute approximate surface area is 127 Å². The molecule has 116 valence electrons. The van der Waals surface area contributed by atoms with Gasteiger partial charge in [0.15, 0.2) is 11.5 Å². The van der Waals surface area contributed by atoms with Crippen LogP contribution in [0.25, 0.3) is 0 Å². The minimum Gasteiger partial charge on any atom is -0.498 e. The van der Waals surface area contributed by atoms with Crippen molar-refractivity contribution >= 4 is 0 Å². The van der Waals surface area contributed by atoms with Crippen LogP contribution in [0.4, 0.5) is 0 Å². The van der Waals surface area contributed by atoms with E-state index in [0.29, 0.717) is 19.3 Å². The summed E-state index contributed by atoms with van der Waals surface area (Å²) in [5, 5.41) is 0. The molecule has 1 aromatic carbocycles. The Kier molecular flexibility index (Phi) is 4.81. The summed E-state index contributed by atoms with van der Waals surface area (Å²) in [7, 11) is 0. The van der Waals surface area contributed by atoms with Crippen LogP contribution in [-0.2, 0) is 11.2 Å². The number of ether oxygens (including phenoxy) is 3. The topological polar surface area (TPSA) is 27.7 Å². The van der Waals surface area contributed by atoms with Crippen LogP contribution in [-0.4, -0.2) is 13.4 Å². The highest BCUT2D eigenvalue weighted by atomic mass is 16.7. The van der Waals surface area contributed by atoms with Crippen molar-refractivity contribution in [3.8, 4) is 11.5 Å². The minimum atomic E-state index is 0.153. The van der Waals surface area contributed by atoms with Gasteiger partial charge in [0.25, 0.3) is 0 Å². The van der Waals surface area contributed by atoms with Crippen molar-refractivity contribution in [1.29, 1.82) is 0 Å². The first-order valence-electron chi connectivity index (χ1n) is 7.59. The molecule has 0 saturated heterocycles. The highest BCUT2D eigenvalue weighted by molar-refractivity contribution is 5.44. The predicted octanol–water partition coefficient (Wildman–Crippen LogP) is 4.56. The lowest BCUT2D eigenvalue weighted by molar-refractivity contribution is 0.106. The van der Waals surface area contributed by atoms with Crippen LogP contribution in [0.5, 0.6) is 11.5 Å². The van der Waals surface area contributed by atoms with Crippen LogP contribution in [0.3, 0.4) is 0 Å². The summed E-state index contributed by atoms with van der Waals surface area (Å²) in [6.45, 7) is 13.8. The third-order valence-electron chi connectivity index (χ3n) is 3.56. The first-order valence-corrected chi connectivity index (χ1v) is 7.59. The average Bonchev–Trinajstić information content (AvgIpc) is 2.88. The molecular formula is C18H26O3. The number of fused-ring (bicyclic) bond motifs is 1. The molecule has 1 aromatic rings. The van der Waals surface area contributed by atoms with Gasteiger partial charge in [0.05, 0.1) is 12.4 Å². The van der Waals surface area contributed by atoms with Crippen LogP contribution in [0.1, 0.15) is 39.7 Å². The largest absolute Gasteiger partial charge is 0.498 e. The van der Waals surface area contributed by atoms with Crippen molar-refractivity contribution < 1.29 is 14.2 Å². The third kappa shape index (κ3) is 4.42. The van der Waals surface area contributed by atoms with Gasteiger partial charge < -0.3 is 14.2 Å². The summed E-state index contributed by atoms with van der Waals surface area (Å²) in [6.07, 6.45) is 1.92. The molecule has 2 rings (SSSR count). The second kappa shape index (κ2) is 6.42. The second-order valence-corrected chi connectivity index (χ2v) is 6.81. The first kappa shape index (κ1) is 15.7. The van der Waals surface area contributed by atoms with Gasteiger partial charge in [-0.25, -0.2) is 0 Å². The molecule has 0 fully saturated rings. The molecule has 0 spiro atoms. The van der Waals surface area contributed by atoms with Crippen molar-refractivity contribution in [1.82, 2.24) is 0 Å². The molecule has 0 saturated carbocycles. The first-order chi connectivity index (χ1) is 9.89. The zero-order valence-electron chi connectivity index (χ0n) is 13.6. The SMILES string of the molecule is C=C(OCC(C)(C)C)C(CC)Cc1ccc2c(c1)OCO2. The summed E-state index contributed by atoms with van der Waals surface area (Å²) < 4.78 is 16.6. The molecule has 0 aliphatic carbocycles. The molecule has 3 nitrogen and oxygen atoms in total. The Morgan fingerprint density at radius 1 is 1.29 bits per heavy atom. The zero-order chi connectivity index (χ0) is 15.5. The fraction of sp³-hybridized carbons (Fsp3) is 0.556. The number of benzene rings is 1. The molecule has 1 atom stereocenters. The van der Waals surface area contributed by atoms with Crippen LogP contribution in [0, 0.1) is 11.3 Å².